The first-order valence-corrected chi connectivity index (χ1v) is 2.27. The second-order valence-electron chi connectivity index (χ2n) is 1.38. The van der Waals surface area contributed by atoms with E-state index in [1.54, 1.807) is 0 Å². The molecule has 0 rings (SSSR count). The van der Waals surface area contributed by atoms with Gasteiger partial charge in [0.15, 0.2) is 0 Å². The SMILES string of the molecule is C=CC(F)(F)/C=C\C. The van der Waals surface area contributed by atoms with Crippen molar-refractivity contribution < 1.29 is 8.78 Å². The van der Waals surface area contributed by atoms with Crippen LogP contribution in [0.4, 0.5) is 8.78 Å². The van der Waals surface area contributed by atoms with Crippen LogP contribution in [0.25, 0.3) is 0 Å². The summed E-state index contributed by atoms with van der Waals surface area (Å²) in [5.74, 6) is -2.82. The van der Waals surface area contributed by atoms with Gasteiger partial charge in [0.2, 0.25) is 0 Å². The lowest BCUT2D eigenvalue weighted by Crippen LogP contribution is -2.04. The van der Waals surface area contributed by atoms with E-state index in [9.17, 15) is 8.78 Å². The Balaban J connectivity index is 3.90. The lowest BCUT2D eigenvalue weighted by molar-refractivity contribution is 0.112. The minimum atomic E-state index is -2.82. The van der Waals surface area contributed by atoms with Crippen molar-refractivity contribution in [2.24, 2.45) is 0 Å². The molecule has 0 bridgehead atoms. The standard InChI is InChI=1S/C6H8F2/c1-3-5-6(7,8)4-2/h3-5H,2H2,1H3/b5-3-. The largest absolute Gasteiger partial charge is 0.284 e. The molecule has 0 aliphatic rings. The minimum absolute atomic E-state index is 0.604. The Labute approximate surface area is 47.5 Å². The van der Waals surface area contributed by atoms with Crippen molar-refractivity contribution in [3.63, 3.8) is 0 Å². The van der Waals surface area contributed by atoms with Crippen LogP contribution in [-0.4, -0.2) is 5.92 Å². The van der Waals surface area contributed by atoms with E-state index in [0.29, 0.717) is 6.08 Å². The monoisotopic (exact) mass is 118 g/mol. The topological polar surface area (TPSA) is 0 Å². The quantitative estimate of drug-likeness (QED) is 0.488. The predicted molar refractivity (Wildman–Crippen MR) is 30.0 cm³/mol. The van der Waals surface area contributed by atoms with Crippen molar-refractivity contribution in [3.05, 3.63) is 24.8 Å². The molecule has 0 heterocycles. The molecule has 0 aliphatic carbocycles. The van der Waals surface area contributed by atoms with Crippen molar-refractivity contribution in [2.45, 2.75) is 12.8 Å². The summed E-state index contributed by atoms with van der Waals surface area (Å²) in [6.45, 7) is 4.49. The molecule has 0 saturated carbocycles. The molecule has 0 nitrogen and oxygen atoms in total. The maximum atomic E-state index is 11.9. The van der Waals surface area contributed by atoms with Gasteiger partial charge in [-0.3, -0.25) is 0 Å². The van der Waals surface area contributed by atoms with Crippen molar-refractivity contribution in [2.75, 3.05) is 0 Å². The number of hydrogen-bond donors (Lipinski definition) is 0. The molecule has 0 atom stereocenters. The Morgan fingerprint density at radius 1 is 1.50 bits per heavy atom. The molecule has 0 N–H and O–H groups in total. The van der Waals surface area contributed by atoms with Gasteiger partial charge in [-0.2, -0.15) is 8.78 Å². The fourth-order valence-electron chi connectivity index (χ4n) is 0.290. The van der Waals surface area contributed by atoms with Gasteiger partial charge in [-0.15, -0.1) is 0 Å². The molecular weight excluding hydrogens is 110 g/mol. The molecule has 2 heteroatoms. The number of halogens is 2. The van der Waals surface area contributed by atoms with Gasteiger partial charge >= 0.3 is 0 Å². The van der Waals surface area contributed by atoms with Gasteiger partial charge in [-0.25, -0.2) is 0 Å². The van der Waals surface area contributed by atoms with Crippen LogP contribution in [0.3, 0.4) is 0 Å². The predicted octanol–water partition coefficient (Wildman–Crippen LogP) is 2.38. The molecule has 0 aromatic carbocycles. The lowest BCUT2D eigenvalue weighted by atomic mass is 10.3. The van der Waals surface area contributed by atoms with Crippen LogP contribution >= 0.6 is 0 Å². The highest BCUT2D eigenvalue weighted by molar-refractivity contribution is 5.03. The normalized spacial score (nSPS) is 12.4. The van der Waals surface area contributed by atoms with E-state index >= 15 is 0 Å². The summed E-state index contributed by atoms with van der Waals surface area (Å²) in [7, 11) is 0. The molecule has 46 valence electrons. The second kappa shape index (κ2) is 2.60. The highest BCUT2D eigenvalue weighted by Gasteiger charge is 2.17. The van der Waals surface area contributed by atoms with Crippen molar-refractivity contribution in [1.29, 1.82) is 0 Å². The average molecular weight is 118 g/mol. The molecule has 0 radical (unpaired) electrons. The van der Waals surface area contributed by atoms with Crippen molar-refractivity contribution in [1.82, 2.24) is 0 Å². The summed E-state index contributed by atoms with van der Waals surface area (Å²) in [6, 6.07) is 0. The van der Waals surface area contributed by atoms with E-state index in [0.717, 1.165) is 6.08 Å². The fourth-order valence-corrected chi connectivity index (χ4v) is 0.290. The lowest BCUT2D eigenvalue weighted by Gasteiger charge is -2.01. The van der Waals surface area contributed by atoms with Gasteiger partial charge in [0, 0.05) is 0 Å². The third-order valence-corrected chi connectivity index (χ3v) is 0.661. The average Bonchev–Trinajstić information content (AvgIpc) is 1.67. The van der Waals surface area contributed by atoms with E-state index in [1.807, 2.05) is 0 Å². The van der Waals surface area contributed by atoms with Crippen molar-refractivity contribution in [3.8, 4) is 0 Å². The second-order valence-corrected chi connectivity index (χ2v) is 1.38. The summed E-state index contributed by atoms with van der Waals surface area (Å²) < 4.78 is 23.9. The van der Waals surface area contributed by atoms with Crippen molar-refractivity contribution >= 4 is 0 Å². The third-order valence-electron chi connectivity index (χ3n) is 0.661. The molecule has 0 aromatic rings. The molecular formula is C6H8F2. The summed E-state index contributed by atoms with van der Waals surface area (Å²) in [6.07, 6.45) is 2.69. The number of rotatable bonds is 2. The maximum absolute atomic E-state index is 11.9. The Morgan fingerprint density at radius 2 is 2.00 bits per heavy atom. The van der Waals surface area contributed by atoms with Gasteiger partial charge in [-0.05, 0) is 19.1 Å². The van der Waals surface area contributed by atoms with E-state index < -0.39 is 5.92 Å². The maximum Gasteiger partial charge on any atom is 0.284 e. The van der Waals surface area contributed by atoms with Gasteiger partial charge in [0.1, 0.15) is 0 Å². The van der Waals surface area contributed by atoms with E-state index in [2.05, 4.69) is 6.58 Å². The van der Waals surface area contributed by atoms with Crippen LogP contribution in [0.5, 0.6) is 0 Å². The van der Waals surface area contributed by atoms with Crippen LogP contribution in [0.2, 0.25) is 0 Å². The molecule has 8 heavy (non-hydrogen) atoms. The third kappa shape index (κ3) is 2.50. The van der Waals surface area contributed by atoms with Gasteiger partial charge in [0.25, 0.3) is 5.92 Å². The first-order chi connectivity index (χ1) is 3.62. The zero-order chi connectivity index (χ0) is 6.62. The number of allylic oxidation sites excluding steroid dienone is 3. The molecule has 0 amide bonds. The Morgan fingerprint density at radius 3 is 2.12 bits per heavy atom. The van der Waals surface area contributed by atoms with Gasteiger partial charge in [-0.1, -0.05) is 12.7 Å². The molecule has 0 saturated heterocycles. The first kappa shape index (κ1) is 7.34. The fraction of sp³-hybridized carbons (Fsp3) is 0.333. The zero-order valence-corrected chi connectivity index (χ0v) is 4.70. The zero-order valence-electron chi connectivity index (χ0n) is 4.70. The first-order valence-electron chi connectivity index (χ1n) is 2.27. The van der Waals surface area contributed by atoms with Crippen LogP contribution in [0, 0.1) is 0 Å². The van der Waals surface area contributed by atoms with Gasteiger partial charge < -0.3 is 0 Å². The van der Waals surface area contributed by atoms with Crippen LogP contribution < -0.4 is 0 Å². The summed E-state index contributed by atoms with van der Waals surface area (Å²) in [5, 5.41) is 0. The van der Waals surface area contributed by atoms with E-state index in [1.165, 1.54) is 13.0 Å². The van der Waals surface area contributed by atoms with E-state index in [4.69, 9.17) is 0 Å². The Hall–Kier alpha value is -0.660. The van der Waals surface area contributed by atoms with Crippen LogP contribution in [-0.2, 0) is 0 Å². The smallest absolute Gasteiger partial charge is 0.197 e. The highest BCUT2D eigenvalue weighted by atomic mass is 19.3. The molecule has 0 aromatic heterocycles. The molecule has 0 aliphatic heterocycles. The Kier molecular flexibility index (Phi) is 2.38. The van der Waals surface area contributed by atoms with Crippen LogP contribution in [0.15, 0.2) is 24.8 Å². The summed E-state index contributed by atoms with van der Waals surface area (Å²) >= 11 is 0. The molecule has 0 fully saturated rings. The van der Waals surface area contributed by atoms with Gasteiger partial charge in [0.05, 0.1) is 0 Å². The summed E-state index contributed by atoms with van der Waals surface area (Å²) in [5.41, 5.74) is 0. The number of hydrogen-bond acceptors (Lipinski definition) is 0. The Bertz CT molecular complexity index is 103. The minimum Gasteiger partial charge on any atom is -0.197 e. The van der Waals surface area contributed by atoms with E-state index in [-0.39, 0.29) is 0 Å². The highest BCUT2D eigenvalue weighted by Crippen LogP contribution is 2.14. The number of alkyl halides is 2. The molecule has 0 spiro atoms. The summed E-state index contributed by atoms with van der Waals surface area (Å²) in [4.78, 5) is 0. The van der Waals surface area contributed by atoms with Crippen LogP contribution in [0.1, 0.15) is 6.92 Å². The molecule has 0 unspecified atom stereocenters.